The SMILES string of the molecule is CCC(C(=O)c1ccccc1)N1CCNC(=O)C1(C)C. The summed E-state index contributed by atoms with van der Waals surface area (Å²) in [7, 11) is 0. The van der Waals surface area contributed by atoms with E-state index in [1.807, 2.05) is 56.0 Å². The molecule has 4 heteroatoms. The zero-order chi connectivity index (χ0) is 14.8. The molecule has 1 aromatic rings. The zero-order valence-electron chi connectivity index (χ0n) is 12.3. The molecule has 2 rings (SSSR count). The normalized spacial score (nSPS) is 20.2. The van der Waals surface area contributed by atoms with E-state index in [1.54, 1.807) is 0 Å². The molecule has 108 valence electrons. The maximum atomic E-state index is 12.7. The fourth-order valence-corrected chi connectivity index (χ4v) is 2.80. The Hall–Kier alpha value is -1.68. The minimum absolute atomic E-state index is 0.0111. The highest BCUT2D eigenvalue weighted by Gasteiger charge is 2.42. The van der Waals surface area contributed by atoms with Gasteiger partial charge in [-0.2, -0.15) is 0 Å². The largest absolute Gasteiger partial charge is 0.353 e. The predicted molar refractivity (Wildman–Crippen MR) is 78.6 cm³/mol. The van der Waals surface area contributed by atoms with Crippen molar-refractivity contribution in [1.29, 1.82) is 0 Å². The second kappa shape index (κ2) is 5.75. The summed E-state index contributed by atoms with van der Waals surface area (Å²) in [5.74, 6) is 0.0823. The minimum atomic E-state index is -0.649. The number of piperazine rings is 1. The molecule has 1 fully saturated rings. The van der Waals surface area contributed by atoms with Crippen LogP contribution in [0.15, 0.2) is 30.3 Å². The number of amides is 1. The number of nitrogens with one attached hydrogen (secondary N) is 1. The van der Waals surface area contributed by atoms with E-state index in [9.17, 15) is 9.59 Å². The molecule has 1 aromatic carbocycles. The summed E-state index contributed by atoms with van der Waals surface area (Å²) in [5, 5.41) is 2.87. The Kier molecular flexibility index (Phi) is 4.23. The van der Waals surface area contributed by atoms with Gasteiger partial charge < -0.3 is 5.32 Å². The lowest BCUT2D eigenvalue weighted by Crippen LogP contribution is -2.65. The summed E-state index contributed by atoms with van der Waals surface area (Å²) >= 11 is 0. The van der Waals surface area contributed by atoms with Crippen molar-refractivity contribution in [3.63, 3.8) is 0 Å². The highest BCUT2D eigenvalue weighted by molar-refractivity contribution is 6.00. The number of hydrogen-bond acceptors (Lipinski definition) is 3. The van der Waals surface area contributed by atoms with Crippen LogP contribution in [0.25, 0.3) is 0 Å². The van der Waals surface area contributed by atoms with E-state index in [1.165, 1.54) is 0 Å². The number of Topliss-reactive ketones (excluding diaryl/α,β-unsaturated/α-hetero) is 1. The molecule has 0 aromatic heterocycles. The Labute approximate surface area is 120 Å². The van der Waals surface area contributed by atoms with Gasteiger partial charge in [0.1, 0.15) is 0 Å². The first-order valence-electron chi connectivity index (χ1n) is 7.12. The molecule has 1 heterocycles. The van der Waals surface area contributed by atoms with Gasteiger partial charge in [-0.15, -0.1) is 0 Å². The molecule has 1 saturated heterocycles. The summed E-state index contributed by atoms with van der Waals surface area (Å²) in [6.45, 7) is 7.05. The summed E-state index contributed by atoms with van der Waals surface area (Å²) in [6, 6.07) is 9.06. The number of nitrogens with zero attached hydrogens (tertiary/aromatic N) is 1. The second-order valence-electron chi connectivity index (χ2n) is 5.66. The van der Waals surface area contributed by atoms with E-state index in [-0.39, 0.29) is 17.7 Å². The molecular weight excluding hydrogens is 252 g/mol. The Balaban J connectivity index is 2.28. The quantitative estimate of drug-likeness (QED) is 0.853. The van der Waals surface area contributed by atoms with Crippen molar-refractivity contribution in [2.75, 3.05) is 13.1 Å². The van der Waals surface area contributed by atoms with Crippen molar-refractivity contribution >= 4 is 11.7 Å². The van der Waals surface area contributed by atoms with Crippen LogP contribution in [0.4, 0.5) is 0 Å². The molecule has 1 amide bonds. The monoisotopic (exact) mass is 274 g/mol. The molecule has 0 radical (unpaired) electrons. The minimum Gasteiger partial charge on any atom is -0.353 e. The smallest absolute Gasteiger partial charge is 0.240 e. The van der Waals surface area contributed by atoms with Crippen molar-refractivity contribution in [2.45, 2.75) is 38.8 Å². The van der Waals surface area contributed by atoms with Gasteiger partial charge in [-0.1, -0.05) is 37.3 Å². The zero-order valence-corrected chi connectivity index (χ0v) is 12.3. The van der Waals surface area contributed by atoms with E-state index in [0.717, 1.165) is 0 Å². The number of carbonyl (C=O) groups excluding carboxylic acids is 2. The lowest BCUT2D eigenvalue weighted by molar-refractivity contribution is -0.136. The van der Waals surface area contributed by atoms with Crippen LogP contribution in [0.5, 0.6) is 0 Å². The summed E-state index contributed by atoms with van der Waals surface area (Å²) in [5.41, 5.74) is 0.0599. The summed E-state index contributed by atoms with van der Waals surface area (Å²) < 4.78 is 0. The third-order valence-corrected chi connectivity index (χ3v) is 4.04. The van der Waals surface area contributed by atoms with Gasteiger partial charge >= 0.3 is 0 Å². The highest BCUT2D eigenvalue weighted by Crippen LogP contribution is 2.24. The van der Waals surface area contributed by atoms with Crippen LogP contribution in [-0.4, -0.2) is 41.3 Å². The van der Waals surface area contributed by atoms with Gasteiger partial charge in [0.05, 0.1) is 11.6 Å². The topological polar surface area (TPSA) is 49.4 Å². The molecule has 1 unspecified atom stereocenters. The van der Waals surface area contributed by atoms with E-state index in [4.69, 9.17) is 0 Å². The molecule has 0 spiro atoms. The van der Waals surface area contributed by atoms with Crippen LogP contribution < -0.4 is 5.32 Å². The predicted octanol–water partition coefficient (Wildman–Crippen LogP) is 1.86. The number of hydrogen-bond donors (Lipinski definition) is 1. The van der Waals surface area contributed by atoms with Crippen molar-refractivity contribution in [3.05, 3.63) is 35.9 Å². The van der Waals surface area contributed by atoms with Crippen molar-refractivity contribution in [1.82, 2.24) is 10.2 Å². The Morgan fingerprint density at radius 1 is 1.35 bits per heavy atom. The summed E-state index contributed by atoms with van der Waals surface area (Å²) in [4.78, 5) is 26.8. The standard InChI is InChI=1S/C16H22N2O2/c1-4-13(14(19)12-8-6-5-7-9-12)18-11-10-17-15(20)16(18,2)3/h5-9,13H,4,10-11H2,1-3H3,(H,17,20). The van der Waals surface area contributed by atoms with Gasteiger partial charge in [0.25, 0.3) is 0 Å². The van der Waals surface area contributed by atoms with Gasteiger partial charge in [0, 0.05) is 18.7 Å². The number of ketones is 1. The van der Waals surface area contributed by atoms with Gasteiger partial charge in [-0.25, -0.2) is 0 Å². The molecular formula is C16H22N2O2. The molecule has 0 saturated carbocycles. The van der Waals surface area contributed by atoms with Gasteiger partial charge in [0.2, 0.25) is 5.91 Å². The van der Waals surface area contributed by atoms with Crippen molar-refractivity contribution < 1.29 is 9.59 Å². The van der Waals surface area contributed by atoms with Gasteiger partial charge in [-0.05, 0) is 20.3 Å². The van der Waals surface area contributed by atoms with Crippen LogP contribution in [0.2, 0.25) is 0 Å². The first-order valence-corrected chi connectivity index (χ1v) is 7.12. The first-order chi connectivity index (χ1) is 9.48. The van der Waals surface area contributed by atoms with Crippen LogP contribution in [0.1, 0.15) is 37.6 Å². The van der Waals surface area contributed by atoms with Gasteiger partial charge in [-0.3, -0.25) is 14.5 Å². The number of rotatable bonds is 4. The Morgan fingerprint density at radius 2 is 2.00 bits per heavy atom. The highest BCUT2D eigenvalue weighted by atomic mass is 16.2. The Morgan fingerprint density at radius 3 is 2.60 bits per heavy atom. The van der Waals surface area contributed by atoms with Crippen molar-refractivity contribution in [3.8, 4) is 0 Å². The number of carbonyl (C=O) groups is 2. The van der Waals surface area contributed by atoms with E-state index < -0.39 is 5.54 Å². The molecule has 1 atom stereocenters. The molecule has 1 N–H and O–H groups in total. The Bertz CT molecular complexity index is 496. The van der Waals surface area contributed by atoms with E-state index in [2.05, 4.69) is 5.32 Å². The lowest BCUT2D eigenvalue weighted by atomic mass is 9.92. The molecule has 4 nitrogen and oxygen atoms in total. The molecule has 1 aliphatic rings. The van der Waals surface area contributed by atoms with Crippen LogP contribution in [0, 0.1) is 0 Å². The molecule has 1 aliphatic heterocycles. The lowest BCUT2D eigenvalue weighted by Gasteiger charge is -2.45. The van der Waals surface area contributed by atoms with E-state index >= 15 is 0 Å². The van der Waals surface area contributed by atoms with Crippen molar-refractivity contribution in [2.24, 2.45) is 0 Å². The third-order valence-electron chi connectivity index (χ3n) is 4.04. The molecule has 0 aliphatic carbocycles. The average molecular weight is 274 g/mol. The van der Waals surface area contributed by atoms with Gasteiger partial charge in [0.15, 0.2) is 5.78 Å². The first kappa shape index (κ1) is 14.7. The average Bonchev–Trinajstić information content (AvgIpc) is 2.45. The third kappa shape index (κ3) is 2.61. The second-order valence-corrected chi connectivity index (χ2v) is 5.66. The van der Waals surface area contributed by atoms with Crippen LogP contribution in [-0.2, 0) is 4.79 Å². The molecule has 0 bridgehead atoms. The fraction of sp³-hybridized carbons (Fsp3) is 0.500. The maximum Gasteiger partial charge on any atom is 0.240 e. The fourth-order valence-electron chi connectivity index (χ4n) is 2.80. The van der Waals surface area contributed by atoms with Crippen LogP contribution >= 0.6 is 0 Å². The molecule has 20 heavy (non-hydrogen) atoms. The summed E-state index contributed by atoms with van der Waals surface area (Å²) in [6.07, 6.45) is 0.699. The van der Waals surface area contributed by atoms with E-state index in [0.29, 0.717) is 25.1 Å². The maximum absolute atomic E-state index is 12.7. The van der Waals surface area contributed by atoms with Crippen LogP contribution in [0.3, 0.4) is 0 Å². The number of benzene rings is 1.